The SMILES string of the molecule is CCN.OB(O)F. The molecule has 0 saturated heterocycles. The first-order chi connectivity index (χ1) is 3.15. The van der Waals surface area contributed by atoms with Gasteiger partial charge < -0.3 is 15.8 Å². The molecule has 3 nitrogen and oxygen atoms in total. The molecule has 0 rings (SSSR count). The molecule has 0 amide bonds. The van der Waals surface area contributed by atoms with Gasteiger partial charge in [-0.25, -0.2) is 0 Å². The summed E-state index contributed by atoms with van der Waals surface area (Å²) in [6.45, 7) is 2.65. The van der Waals surface area contributed by atoms with Gasteiger partial charge in [0.1, 0.15) is 0 Å². The van der Waals surface area contributed by atoms with Gasteiger partial charge in [0.15, 0.2) is 0 Å². The van der Waals surface area contributed by atoms with Crippen LogP contribution in [0.4, 0.5) is 4.32 Å². The van der Waals surface area contributed by atoms with E-state index in [4.69, 9.17) is 15.8 Å². The van der Waals surface area contributed by atoms with Gasteiger partial charge in [0.05, 0.1) is 0 Å². The van der Waals surface area contributed by atoms with Crippen molar-refractivity contribution in [2.45, 2.75) is 6.92 Å². The van der Waals surface area contributed by atoms with Gasteiger partial charge in [0.25, 0.3) is 0 Å². The van der Waals surface area contributed by atoms with Gasteiger partial charge in [-0.2, -0.15) is 0 Å². The van der Waals surface area contributed by atoms with Crippen LogP contribution in [0.3, 0.4) is 0 Å². The second-order valence-electron chi connectivity index (χ2n) is 0.719. The highest BCUT2D eigenvalue weighted by atomic mass is 19.1. The van der Waals surface area contributed by atoms with E-state index in [1.54, 1.807) is 0 Å². The van der Waals surface area contributed by atoms with Crippen molar-refractivity contribution in [2.75, 3.05) is 6.54 Å². The molecule has 0 fully saturated rings. The molecule has 0 radical (unpaired) electrons. The van der Waals surface area contributed by atoms with Crippen molar-refractivity contribution < 1.29 is 14.4 Å². The third kappa shape index (κ3) is 5640. The van der Waals surface area contributed by atoms with Crippen LogP contribution >= 0.6 is 0 Å². The van der Waals surface area contributed by atoms with Gasteiger partial charge in [-0.3, -0.25) is 4.32 Å². The van der Waals surface area contributed by atoms with E-state index < -0.39 is 7.40 Å². The first kappa shape index (κ1) is 9.98. The summed E-state index contributed by atoms with van der Waals surface area (Å²) in [6.07, 6.45) is 0. The second-order valence-corrected chi connectivity index (χ2v) is 0.719. The average molecular weight is 109 g/mol. The molecular weight excluding hydrogens is 99.8 g/mol. The third-order valence-corrected chi connectivity index (χ3v) is 0. The van der Waals surface area contributed by atoms with Crippen molar-refractivity contribution in [2.24, 2.45) is 5.73 Å². The summed E-state index contributed by atoms with van der Waals surface area (Å²) in [5.41, 5.74) is 4.85. The van der Waals surface area contributed by atoms with E-state index in [0.29, 0.717) is 0 Å². The van der Waals surface area contributed by atoms with Gasteiger partial charge in [0, 0.05) is 0 Å². The van der Waals surface area contributed by atoms with Gasteiger partial charge in [-0.15, -0.1) is 0 Å². The minimum absolute atomic E-state index is 0.750. The van der Waals surface area contributed by atoms with Crippen LogP contribution in [0.2, 0.25) is 0 Å². The number of hydrogen-bond acceptors (Lipinski definition) is 3. The van der Waals surface area contributed by atoms with Gasteiger partial charge in [-0.1, -0.05) is 6.92 Å². The van der Waals surface area contributed by atoms with E-state index in [1.165, 1.54) is 0 Å². The summed E-state index contributed by atoms with van der Waals surface area (Å²) in [5, 5.41) is 13.9. The Morgan fingerprint density at radius 3 is 1.71 bits per heavy atom. The molecule has 0 aliphatic rings. The molecule has 0 aromatic rings. The lowest BCUT2D eigenvalue weighted by Crippen LogP contribution is -1.98. The minimum atomic E-state index is -2.67. The van der Waals surface area contributed by atoms with E-state index in [-0.39, 0.29) is 0 Å². The molecular formula is C2H9BFNO2. The largest absolute Gasteiger partial charge is 0.674 e. The minimum Gasteiger partial charge on any atom is -0.398 e. The summed E-state index contributed by atoms with van der Waals surface area (Å²) in [4.78, 5) is 0. The van der Waals surface area contributed by atoms with Crippen LogP contribution in [0.25, 0.3) is 0 Å². The highest BCUT2D eigenvalue weighted by Crippen LogP contribution is 1.57. The predicted molar refractivity (Wildman–Crippen MR) is 26.0 cm³/mol. The van der Waals surface area contributed by atoms with Crippen LogP contribution in [-0.2, 0) is 0 Å². The maximum Gasteiger partial charge on any atom is 0.674 e. The van der Waals surface area contributed by atoms with Gasteiger partial charge in [-0.05, 0) is 6.54 Å². The molecule has 0 bridgehead atoms. The molecule has 5 heteroatoms. The van der Waals surface area contributed by atoms with E-state index in [2.05, 4.69) is 0 Å². The summed E-state index contributed by atoms with van der Waals surface area (Å²) >= 11 is 0. The maximum absolute atomic E-state index is 10.1. The average Bonchev–Trinajstić information content (AvgIpc) is 1.33. The molecule has 0 aromatic carbocycles. The first-order valence-corrected chi connectivity index (χ1v) is 1.85. The fraction of sp³-hybridized carbons (Fsp3) is 1.00. The van der Waals surface area contributed by atoms with Crippen LogP contribution in [-0.4, -0.2) is 24.0 Å². The Morgan fingerprint density at radius 2 is 1.71 bits per heavy atom. The molecule has 0 unspecified atom stereocenters. The van der Waals surface area contributed by atoms with Crippen LogP contribution in [0.1, 0.15) is 6.92 Å². The Morgan fingerprint density at radius 1 is 1.71 bits per heavy atom. The summed E-state index contributed by atoms with van der Waals surface area (Å²) in [5.74, 6) is 0. The Hall–Kier alpha value is -0.125. The number of halogens is 1. The first-order valence-electron chi connectivity index (χ1n) is 1.85. The highest BCUT2D eigenvalue weighted by molar-refractivity contribution is 6.31. The predicted octanol–water partition coefficient (Wildman–Crippen LogP) is -1.11. The number of hydrogen-bond donors (Lipinski definition) is 3. The monoisotopic (exact) mass is 109 g/mol. The highest BCUT2D eigenvalue weighted by Gasteiger charge is 1.97. The lowest BCUT2D eigenvalue weighted by Gasteiger charge is -1.65. The molecule has 0 saturated carbocycles. The fourth-order valence-corrected chi connectivity index (χ4v) is 0. The standard InChI is InChI=1S/C2H7N.BFH2O2/c1-2-3;2-1(3)4/h2-3H2,1H3;3-4H. The molecule has 0 aliphatic carbocycles. The molecule has 0 heterocycles. The van der Waals surface area contributed by atoms with Crippen molar-refractivity contribution in [3.05, 3.63) is 0 Å². The van der Waals surface area contributed by atoms with Gasteiger partial charge in [0.2, 0.25) is 0 Å². The van der Waals surface area contributed by atoms with Crippen molar-refractivity contribution >= 4 is 7.40 Å². The van der Waals surface area contributed by atoms with Crippen LogP contribution in [0.15, 0.2) is 0 Å². The molecule has 44 valence electrons. The second kappa shape index (κ2) is 9.30. The van der Waals surface area contributed by atoms with E-state index >= 15 is 0 Å². The molecule has 0 aliphatic heterocycles. The van der Waals surface area contributed by atoms with Gasteiger partial charge >= 0.3 is 7.40 Å². The van der Waals surface area contributed by atoms with Crippen molar-refractivity contribution in [3.63, 3.8) is 0 Å². The topological polar surface area (TPSA) is 66.5 Å². The van der Waals surface area contributed by atoms with E-state index in [1.807, 2.05) is 6.92 Å². The summed E-state index contributed by atoms with van der Waals surface area (Å²) < 4.78 is 10.1. The number of rotatable bonds is 0. The summed E-state index contributed by atoms with van der Waals surface area (Å²) in [7, 11) is -2.67. The normalized spacial score (nSPS) is 6.43. The lowest BCUT2D eigenvalue weighted by atomic mass is 10.3. The van der Waals surface area contributed by atoms with E-state index in [9.17, 15) is 4.32 Å². The fourth-order valence-electron chi connectivity index (χ4n) is 0. The lowest BCUT2D eigenvalue weighted by molar-refractivity contribution is 0.340. The van der Waals surface area contributed by atoms with Crippen LogP contribution < -0.4 is 5.73 Å². The summed E-state index contributed by atoms with van der Waals surface area (Å²) in [6, 6.07) is 0. The van der Waals surface area contributed by atoms with Crippen molar-refractivity contribution in [1.82, 2.24) is 0 Å². The Kier molecular flexibility index (Phi) is 13.3. The third-order valence-electron chi connectivity index (χ3n) is 0. The zero-order valence-electron chi connectivity index (χ0n) is 4.13. The van der Waals surface area contributed by atoms with Crippen molar-refractivity contribution in [1.29, 1.82) is 0 Å². The Labute approximate surface area is 42.1 Å². The molecule has 0 atom stereocenters. The van der Waals surface area contributed by atoms with E-state index in [0.717, 1.165) is 6.54 Å². The number of nitrogens with two attached hydrogens (primary N) is 1. The zero-order valence-corrected chi connectivity index (χ0v) is 4.13. The molecule has 4 N–H and O–H groups in total. The molecule has 0 spiro atoms. The van der Waals surface area contributed by atoms with Crippen LogP contribution in [0, 0.1) is 0 Å². The Balaban J connectivity index is 0. The van der Waals surface area contributed by atoms with Crippen molar-refractivity contribution in [3.8, 4) is 0 Å². The zero-order chi connectivity index (χ0) is 6.28. The quantitative estimate of drug-likeness (QED) is 0.345. The van der Waals surface area contributed by atoms with Crippen LogP contribution in [0.5, 0.6) is 0 Å². The molecule has 0 aromatic heterocycles. The molecule has 7 heavy (non-hydrogen) atoms. The Bertz CT molecular complexity index is 26.9. The maximum atomic E-state index is 10.1. The smallest absolute Gasteiger partial charge is 0.398 e.